The van der Waals surface area contributed by atoms with Crippen molar-refractivity contribution >= 4 is 40.4 Å². The predicted octanol–water partition coefficient (Wildman–Crippen LogP) is 1.88. The maximum atomic E-state index is 14.3. The Morgan fingerprint density at radius 2 is 1.64 bits per heavy atom. The number of nitrogens with two attached hydrogens (primary N) is 3. The van der Waals surface area contributed by atoms with Gasteiger partial charge < -0.3 is 37.5 Å². The highest BCUT2D eigenvalue weighted by Crippen LogP contribution is 2.27. The molecule has 0 aromatic heterocycles. The van der Waals surface area contributed by atoms with Crippen LogP contribution in [0.1, 0.15) is 50.2 Å². The highest BCUT2D eigenvalue weighted by Gasteiger charge is 2.39. The molecule has 0 saturated carbocycles. The minimum Gasteiger partial charge on any atom is -0.372 e. The second kappa shape index (κ2) is 17.1. The van der Waals surface area contributed by atoms with E-state index in [0.29, 0.717) is 39.0 Å². The molecule has 8 N–H and O–H groups in total. The normalized spacial score (nSPS) is 17.1. The Bertz CT molecular complexity index is 1560. The summed E-state index contributed by atoms with van der Waals surface area (Å²) in [5.41, 5.74) is 18.2. The molecule has 4 rings (SSSR count). The Labute approximate surface area is 275 Å². The van der Waals surface area contributed by atoms with Crippen LogP contribution in [0.25, 0.3) is 10.8 Å². The van der Waals surface area contributed by atoms with Crippen LogP contribution in [-0.4, -0.2) is 71.8 Å². The molecule has 0 unspecified atom stereocenters. The van der Waals surface area contributed by atoms with Crippen LogP contribution in [0.4, 0.5) is 0 Å². The van der Waals surface area contributed by atoms with Crippen LogP contribution in [0, 0.1) is 0 Å². The molecule has 12 nitrogen and oxygen atoms in total. The summed E-state index contributed by atoms with van der Waals surface area (Å²) in [6, 6.07) is 21.6. The molecule has 1 fully saturated rings. The van der Waals surface area contributed by atoms with Crippen molar-refractivity contribution in [3.8, 4) is 0 Å². The number of hydrogen-bond acceptors (Lipinski definition) is 6. The zero-order chi connectivity index (χ0) is 33.8. The van der Waals surface area contributed by atoms with E-state index >= 15 is 0 Å². The number of amides is 4. The Kier molecular flexibility index (Phi) is 12.7. The molecule has 3 aromatic carbocycles. The lowest BCUT2D eigenvalue weighted by molar-refractivity contribution is -0.138. The lowest BCUT2D eigenvalue weighted by atomic mass is 10.0. The first-order chi connectivity index (χ1) is 22.6. The number of carbonyl (C=O) groups excluding carboxylic acids is 4. The second-order valence-electron chi connectivity index (χ2n) is 12.0. The van der Waals surface area contributed by atoms with E-state index < -0.39 is 29.8 Å². The molecule has 4 atom stereocenters. The van der Waals surface area contributed by atoms with Crippen molar-refractivity contribution in [3.63, 3.8) is 0 Å². The number of fused-ring (bicyclic) bond motifs is 1. The van der Waals surface area contributed by atoms with Crippen molar-refractivity contribution in [1.29, 1.82) is 0 Å². The van der Waals surface area contributed by atoms with Crippen molar-refractivity contribution in [2.45, 2.75) is 76.3 Å². The first-order valence-corrected chi connectivity index (χ1v) is 15.9. The molecule has 1 aliphatic rings. The summed E-state index contributed by atoms with van der Waals surface area (Å²) in [5, 5.41) is 7.73. The van der Waals surface area contributed by atoms with E-state index in [1.807, 2.05) is 48.5 Å². The van der Waals surface area contributed by atoms with Crippen LogP contribution in [0.5, 0.6) is 0 Å². The zero-order valence-electron chi connectivity index (χ0n) is 26.8. The van der Waals surface area contributed by atoms with Gasteiger partial charge >= 0.3 is 0 Å². The van der Waals surface area contributed by atoms with E-state index in [4.69, 9.17) is 21.9 Å². The number of rotatable bonds is 16. The van der Waals surface area contributed by atoms with Gasteiger partial charge in [0.1, 0.15) is 12.1 Å². The van der Waals surface area contributed by atoms with Gasteiger partial charge in [-0.2, -0.15) is 0 Å². The smallest absolute Gasteiger partial charge is 0.245 e. The molecule has 0 bridgehead atoms. The number of carbonyl (C=O) groups is 4. The third kappa shape index (κ3) is 10.8. The molecular weight excluding hydrogens is 598 g/mol. The summed E-state index contributed by atoms with van der Waals surface area (Å²) in [6.07, 6.45) is 1.81. The molecule has 1 heterocycles. The number of nitrogens with zero attached hydrogens (tertiary/aromatic N) is 2. The summed E-state index contributed by atoms with van der Waals surface area (Å²) in [5.74, 6) is -1.85. The summed E-state index contributed by atoms with van der Waals surface area (Å²) >= 11 is 0. The highest BCUT2D eigenvalue weighted by molar-refractivity contribution is 5.92. The van der Waals surface area contributed by atoms with Gasteiger partial charge in [0.25, 0.3) is 0 Å². The molecule has 4 amide bonds. The Hall–Kier alpha value is -4.97. The first-order valence-electron chi connectivity index (χ1n) is 15.9. The van der Waals surface area contributed by atoms with Crippen molar-refractivity contribution in [3.05, 3.63) is 83.9 Å². The van der Waals surface area contributed by atoms with Gasteiger partial charge in [-0.25, -0.2) is 0 Å². The molecular formula is C35H45N7O5. The first kappa shape index (κ1) is 34.9. The third-order valence-electron chi connectivity index (χ3n) is 8.22. The van der Waals surface area contributed by atoms with Gasteiger partial charge in [0, 0.05) is 38.9 Å². The predicted molar refractivity (Wildman–Crippen MR) is 181 cm³/mol. The minimum absolute atomic E-state index is 0.00874. The summed E-state index contributed by atoms with van der Waals surface area (Å²) in [7, 11) is 0. The SMILES string of the molecule is CC(=O)N[C@@H](CCC(N)=O)C(=O)N[C@H](Cc1ccccc1)C(=O)N1C[C@@H](OCc2ccc3ccccc3c2)C[C@@H]1CCCN=C(N)N. The van der Waals surface area contributed by atoms with Crippen molar-refractivity contribution in [2.75, 3.05) is 13.1 Å². The molecule has 1 saturated heterocycles. The molecule has 12 heteroatoms. The van der Waals surface area contributed by atoms with Gasteiger partial charge in [0.05, 0.1) is 12.7 Å². The Balaban J connectivity index is 1.53. The van der Waals surface area contributed by atoms with Crippen molar-refractivity contribution in [2.24, 2.45) is 22.2 Å². The molecule has 0 aliphatic carbocycles. The van der Waals surface area contributed by atoms with Gasteiger partial charge in [-0.05, 0) is 53.6 Å². The van der Waals surface area contributed by atoms with E-state index in [1.165, 1.54) is 6.92 Å². The summed E-state index contributed by atoms with van der Waals surface area (Å²) in [6.45, 7) is 2.44. The molecule has 250 valence electrons. The Morgan fingerprint density at radius 3 is 2.34 bits per heavy atom. The molecule has 0 radical (unpaired) electrons. The third-order valence-corrected chi connectivity index (χ3v) is 8.22. The van der Waals surface area contributed by atoms with Gasteiger partial charge in [-0.1, -0.05) is 66.7 Å². The number of hydrogen-bond donors (Lipinski definition) is 5. The topological polar surface area (TPSA) is 195 Å². The fraction of sp³-hybridized carbons (Fsp3) is 0.400. The van der Waals surface area contributed by atoms with Crippen LogP contribution in [-0.2, 0) is 36.9 Å². The molecule has 0 spiro atoms. The van der Waals surface area contributed by atoms with Crippen LogP contribution in [0.3, 0.4) is 0 Å². The molecule has 1 aliphatic heterocycles. The van der Waals surface area contributed by atoms with Crippen molar-refractivity contribution in [1.82, 2.24) is 15.5 Å². The van der Waals surface area contributed by atoms with E-state index in [0.717, 1.165) is 21.9 Å². The largest absolute Gasteiger partial charge is 0.372 e. The summed E-state index contributed by atoms with van der Waals surface area (Å²) < 4.78 is 6.37. The number of aliphatic imine (C=N–C) groups is 1. The van der Waals surface area contributed by atoms with Crippen LogP contribution in [0.15, 0.2) is 77.8 Å². The average molecular weight is 644 g/mol. The van der Waals surface area contributed by atoms with E-state index in [-0.39, 0.29) is 43.3 Å². The zero-order valence-corrected chi connectivity index (χ0v) is 26.8. The summed E-state index contributed by atoms with van der Waals surface area (Å²) in [4.78, 5) is 57.0. The van der Waals surface area contributed by atoms with Gasteiger partial charge in [-0.3, -0.25) is 24.2 Å². The van der Waals surface area contributed by atoms with E-state index in [1.54, 1.807) is 4.90 Å². The Morgan fingerprint density at radius 1 is 0.915 bits per heavy atom. The van der Waals surface area contributed by atoms with E-state index in [9.17, 15) is 19.2 Å². The number of likely N-dealkylation sites (tertiary alicyclic amines) is 1. The minimum atomic E-state index is -1.03. The van der Waals surface area contributed by atoms with E-state index in [2.05, 4.69) is 39.9 Å². The average Bonchev–Trinajstić information content (AvgIpc) is 3.46. The second-order valence-corrected chi connectivity index (χ2v) is 12.0. The maximum absolute atomic E-state index is 14.3. The maximum Gasteiger partial charge on any atom is 0.245 e. The van der Waals surface area contributed by atoms with Crippen LogP contribution in [0.2, 0.25) is 0 Å². The highest BCUT2D eigenvalue weighted by atomic mass is 16.5. The standard InChI is InChI=1S/C35H45N7O5/c1-23(43)40-30(15-16-32(36)44)33(45)41-31(19-24-8-3-2-4-9-24)34(46)42-21-29(20-28(42)12-7-17-39-35(37)38)47-22-25-13-14-26-10-5-6-11-27(26)18-25/h2-6,8-11,13-14,18,28-31H,7,12,15-17,19-22H2,1H3,(H2,36,44)(H,40,43)(H,41,45)(H4,37,38,39)/t28-,29-,30-,31+/m0/s1. The number of benzene rings is 3. The number of primary amides is 1. The van der Waals surface area contributed by atoms with Crippen LogP contribution < -0.4 is 27.8 Å². The van der Waals surface area contributed by atoms with Crippen LogP contribution >= 0.6 is 0 Å². The lowest BCUT2D eigenvalue weighted by Gasteiger charge is -2.30. The monoisotopic (exact) mass is 643 g/mol. The van der Waals surface area contributed by atoms with Crippen molar-refractivity contribution < 1.29 is 23.9 Å². The van der Waals surface area contributed by atoms with Gasteiger partial charge in [0.15, 0.2) is 5.96 Å². The number of ether oxygens (including phenoxy) is 1. The fourth-order valence-electron chi connectivity index (χ4n) is 5.94. The number of nitrogens with one attached hydrogen (secondary N) is 2. The number of guanidine groups is 1. The quantitative estimate of drug-likeness (QED) is 0.0892. The fourth-order valence-corrected chi connectivity index (χ4v) is 5.94. The lowest BCUT2D eigenvalue weighted by Crippen LogP contribution is -2.55. The van der Waals surface area contributed by atoms with Gasteiger partial charge in [0.2, 0.25) is 23.6 Å². The molecule has 3 aromatic rings. The molecule has 47 heavy (non-hydrogen) atoms. The van der Waals surface area contributed by atoms with Gasteiger partial charge in [-0.15, -0.1) is 0 Å².